The summed E-state index contributed by atoms with van der Waals surface area (Å²) in [5.74, 6) is 0.262. The minimum absolute atomic E-state index is 0.0461. The van der Waals surface area contributed by atoms with Gasteiger partial charge in [-0.25, -0.2) is 0 Å². The number of ether oxygens (including phenoxy) is 1. The number of non-ortho nitro benzene ring substituents is 1. The minimum Gasteiger partial charge on any atom is -0.457 e. The van der Waals surface area contributed by atoms with E-state index in [0.717, 1.165) is 39.3 Å². The Morgan fingerprint density at radius 2 is 2.10 bits per heavy atom. The molecular formula is C21H22N4O5. The van der Waals surface area contributed by atoms with Crippen LogP contribution in [0.4, 0.5) is 5.69 Å². The van der Waals surface area contributed by atoms with Crippen LogP contribution in [0.5, 0.6) is 0 Å². The lowest BCUT2D eigenvalue weighted by atomic mass is 10.1. The molecule has 1 aromatic heterocycles. The lowest BCUT2D eigenvalue weighted by Gasteiger charge is -2.26. The van der Waals surface area contributed by atoms with E-state index in [1.54, 1.807) is 24.3 Å². The first-order valence-corrected chi connectivity index (χ1v) is 9.61. The van der Waals surface area contributed by atoms with E-state index in [1.165, 1.54) is 18.2 Å². The molecule has 9 heteroatoms. The standard InChI is InChI=1S/C21H22N4O5/c22-15-17(21(26)23-7-2-8-24-9-11-29-12-10-24)14-19-5-6-20(30-19)16-3-1-4-18(13-16)25(27)28/h1,3-6,13-14H,2,7-12H2,(H,23,26)/b17-14-. The molecule has 0 unspecified atom stereocenters. The summed E-state index contributed by atoms with van der Waals surface area (Å²) in [7, 11) is 0. The van der Waals surface area contributed by atoms with Gasteiger partial charge >= 0.3 is 0 Å². The Hall–Kier alpha value is -3.48. The van der Waals surface area contributed by atoms with E-state index in [9.17, 15) is 20.2 Å². The number of nitrogens with zero attached hydrogens (tertiary/aromatic N) is 3. The molecule has 1 aliphatic heterocycles. The van der Waals surface area contributed by atoms with Crippen LogP contribution in [-0.2, 0) is 9.53 Å². The second-order valence-corrected chi connectivity index (χ2v) is 6.74. The van der Waals surface area contributed by atoms with Crippen LogP contribution in [0.1, 0.15) is 12.2 Å². The third kappa shape index (κ3) is 5.76. The quantitative estimate of drug-likeness (QED) is 0.233. The Balaban J connectivity index is 1.57. The summed E-state index contributed by atoms with van der Waals surface area (Å²) in [6.45, 7) is 4.57. The molecular weight excluding hydrogens is 388 g/mol. The zero-order valence-corrected chi connectivity index (χ0v) is 16.4. The normalized spacial score (nSPS) is 14.8. The Morgan fingerprint density at radius 3 is 2.83 bits per heavy atom. The molecule has 30 heavy (non-hydrogen) atoms. The largest absolute Gasteiger partial charge is 0.457 e. The van der Waals surface area contributed by atoms with Crippen molar-refractivity contribution in [3.8, 4) is 17.4 Å². The maximum absolute atomic E-state index is 12.3. The SMILES string of the molecule is N#C/C(=C/c1ccc(-c2cccc([N+](=O)[O-])c2)o1)C(=O)NCCCN1CCOCC1. The zero-order chi connectivity index (χ0) is 21.3. The lowest BCUT2D eigenvalue weighted by Crippen LogP contribution is -2.38. The molecule has 0 aliphatic carbocycles. The molecule has 0 spiro atoms. The summed E-state index contributed by atoms with van der Waals surface area (Å²) < 4.78 is 10.9. The number of hydrogen-bond donors (Lipinski definition) is 1. The van der Waals surface area contributed by atoms with Gasteiger partial charge in [0.2, 0.25) is 0 Å². The van der Waals surface area contributed by atoms with E-state index in [1.807, 2.05) is 6.07 Å². The number of benzene rings is 1. The number of amides is 1. The third-order valence-electron chi connectivity index (χ3n) is 4.66. The summed E-state index contributed by atoms with van der Waals surface area (Å²) in [6, 6.07) is 11.2. The Bertz CT molecular complexity index is 970. The van der Waals surface area contributed by atoms with Crippen LogP contribution in [0.2, 0.25) is 0 Å². The number of nitro benzene ring substituents is 1. The van der Waals surface area contributed by atoms with Crippen molar-refractivity contribution < 1.29 is 18.9 Å². The van der Waals surface area contributed by atoms with E-state index in [2.05, 4.69) is 10.2 Å². The highest BCUT2D eigenvalue weighted by Crippen LogP contribution is 2.26. The molecule has 3 rings (SSSR count). The van der Waals surface area contributed by atoms with Crippen LogP contribution in [0.25, 0.3) is 17.4 Å². The summed E-state index contributed by atoms with van der Waals surface area (Å²) in [5, 5.41) is 23.0. The molecule has 1 aliphatic rings. The second kappa shape index (κ2) is 10.3. The van der Waals surface area contributed by atoms with Crippen molar-refractivity contribution in [2.45, 2.75) is 6.42 Å². The zero-order valence-electron chi connectivity index (χ0n) is 16.4. The van der Waals surface area contributed by atoms with Gasteiger partial charge in [-0.3, -0.25) is 19.8 Å². The number of carbonyl (C=O) groups excluding carboxylic acids is 1. The fourth-order valence-corrected chi connectivity index (χ4v) is 3.07. The number of rotatable bonds is 8. The third-order valence-corrected chi connectivity index (χ3v) is 4.66. The first-order valence-electron chi connectivity index (χ1n) is 9.61. The molecule has 0 radical (unpaired) electrons. The second-order valence-electron chi connectivity index (χ2n) is 6.74. The topological polar surface area (TPSA) is 122 Å². The lowest BCUT2D eigenvalue weighted by molar-refractivity contribution is -0.384. The first-order chi connectivity index (χ1) is 14.6. The molecule has 156 valence electrons. The van der Waals surface area contributed by atoms with Gasteiger partial charge in [-0.15, -0.1) is 0 Å². The molecule has 9 nitrogen and oxygen atoms in total. The van der Waals surface area contributed by atoms with Crippen LogP contribution in [0.3, 0.4) is 0 Å². The van der Waals surface area contributed by atoms with Crippen molar-refractivity contribution in [1.29, 1.82) is 5.26 Å². The van der Waals surface area contributed by atoms with Gasteiger partial charge < -0.3 is 14.5 Å². The van der Waals surface area contributed by atoms with Crippen LogP contribution < -0.4 is 5.32 Å². The number of hydrogen-bond acceptors (Lipinski definition) is 7. The molecule has 1 aromatic carbocycles. The first kappa shape index (κ1) is 21.2. The van der Waals surface area contributed by atoms with E-state index < -0.39 is 10.8 Å². The van der Waals surface area contributed by atoms with Gasteiger partial charge in [-0.1, -0.05) is 12.1 Å². The van der Waals surface area contributed by atoms with Gasteiger partial charge in [0.25, 0.3) is 11.6 Å². The highest BCUT2D eigenvalue weighted by atomic mass is 16.6. The Morgan fingerprint density at radius 1 is 1.30 bits per heavy atom. The number of morpholine rings is 1. The highest BCUT2D eigenvalue weighted by Gasteiger charge is 2.13. The summed E-state index contributed by atoms with van der Waals surface area (Å²) in [6.07, 6.45) is 2.14. The van der Waals surface area contributed by atoms with Crippen LogP contribution in [0.15, 0.2) is 46.4 Å². The van der Waals surface area contributed by atoms with Crippen LogP contribution in [0, 0.1) is 21.4 Å². The van der Waals surface area contributed by atoms with Gasteiger partial charge in [-0.05, 0) is 25.1 Å². The fraction of sp³-hybridized carbons (Fsp3) is 0.333. The van der Waals surface area contributed by atoms with E-state index in [-0.39, 0.29) is 11.3 Å². The van der Waals surface area contributed by atoms with Gasteiger partial charge in [0.1, 0.15) is 23.2 Å². The molecule has 1 saturated heterocycles. The predicted octanol–water partition coefficient (Wildman–Crippen LogP) is 2.60. The number of nitro groups is 1. The molecule has 1 N–H and O–H groups in total. The summed E-state index contributed by atoms with van der Waals surface area (Å²) in [5.41, 5.74) is 0.423. The average Bonchev–Trinajstić information content (AvgIpc) is 3.24. The van der Waals surface area contributed by atoms with E-state index in [4.69, 9.17) is 9.15 Å². The van der Waals surface area contributed by atoms with Crippen molar-refractivity contribution in [3.63, 3.8) is 0 Å². The van der Waals surface area contributed by atoms with Gasteiger partial charge in [0, 0.05) is 43.4 Å². The number of nitrogens with one attached hydrogen (secondary N) is 1. The van der Waals surface area contributed by atoms with E-state index in [0.29, 0.717) is 23.6 Å². The van der Waals surface area contributed by atoms with E-state index >= 15 is 0 Å². The average molecular weight is 410 g/mol. The van der Waals surface area contributed by atoms with Crippen molar-refractivity contribution in [2.24, 2.45) is 0 Å². The Kier molecular flexibility index (Phi) is 7.32. The summed E-state index contributed by atoms with van der Waals surface area (Å²) in [4.78, 5) is 25.0. The molecule has 1 fully saturated rings. The number of furan rings is 1. The molecule has 0 saturated carbocycles. The molecule has 0 atom stereocenters. The van der Waals surface area contributed by atoms with Crippen molar-refractivity contribution in [1.82, 2.24) is 10.2 Å². The Labute approximate surface area is 173 Å². The monoisotopic (exact) mass is 410 g/mol. The fourth-order valence-electron chi connectivity index (χ4n) is 3.07. The minimum atomic E-state index is -0.482. The van der Waals surface area contributed by atoms with Gasteiger partial charge in [0.05, 0.1) is 18.1 Å². The maximum atomic E-state index is 12.3. The van der Waals surface area contributed by atoms with Gasteiger partial charge in [0.15, 0.2) is 0 Å². The number of nitriles is 1. The maximum Gasteiger partial charge on any atom is 0.270 e. The summed E-state index contributed by atoms with van der Waals surface area (Å²) >= 11 is 0. The molecule has 2 heterocycles. The van der Waals surface area contributed by atoms with Crippen LogP contribution in [-0.4, -0.2) is 55.1 Å². The molecule has 2 aromatic rings. The van der Waals surface area contributed by atoms with Crippen molar-refractivity contribution in [3.05, 3.63) is 57.8 Å². The van der Waals surface area contributed by atoms with Crippen molar-refractivity contribution in [2.75, 3.05) is 39.4 Å². The molecule has 0 bridgehead atoms. The highest BCUT2D eigenvalue weighted by molar-refractivity contribution is 6.01. The van der Waals surface area contributed by atoms with Gasteiger partial charge in [-0.2, -0.15) is 5.26 Å². The number of carbonyl (C=O) groups is 1. The van der Waals surface area contributed by atoms with Crippen LogP contribution >= 0.6 is 0 Å². The smallest absolute Gasteiger partial charge is 0.270 e. The molecule has 1 amide bonds. The predicted molar refractivity (Wildman–Crippen MR) is 109 cm³/mol. The van der Waals surface area contributed by atoms with Crippen molar-refractivity contribution >= 4 is 17.7 Å².